The standard InChI is InChI=1S/C26H22O7/c1-15-7-5-6-8-18(15)26(28)32-17-9-10-19-20(14-17)33-21(24(19)27)11-16-12-22(29-2)25(31-4)23(13-16)30-3/h5-14H,1-4H3. The van der Waals surface area contributed by atoms with Crippen molar-refractivity contribution in [2.75, 3.05) is 21.3 Å². The summed E-state index contributed by atoms with van der Waals surface area (Å²) in [7, 11) is 4.55. The third kappa shape index (κ3) is 4.25. The molecule has 3 aromatic carbocycles. The average Bonchev–Trinajstić information content (AvgIpc) is 3.12. The van der Waals surface area contributed by atoms with Gasteiger partial charge in [-0.1, -0.05) is 18.2 Å². The monoisotopic (exact) mass is 446 g/mol. The summed E-state index contributed by atoms with van der Waals surface area (Å²) in [5.74, 6) is 1.32. The van der Waals surface area contributed by atoms with Crippen LogP contribution in [0.1, 0.15) is 31.8 Å². The SMILES string of the molecule is COc1cc(C=C2Oc3cc(OC(=O)c4ccccc4C)ccc3C2=O)cc(OC)c1OC. The molecule has 0 fully saturated rings. The number of methoxy groups -OCH3 is 3. The maximum Gasteiger partial charge on any atom is 0.343 e. The van der Waals surface area contributed by atoms with Gasteiger partial charge in [0.2, 0.25) is 11.5 Å². The van der Waals surface area contributed by atoms with Gasteiger partial charge in [0.25, 0.3) is 0 Å². The molecule has 0 bridgehead atoms. The van der Waals surface area contributed by atoms with Crippen LogP contribution < -0.4 is 23.7 Å². The number of carbonyl (C=O) groups is 2. The molecule has 4 rings (SSSR count). The van der Waals surface area contributed by atoms with Gasteiger partial charge in [-0.15, -0.1) is 0 Å². The van der Waals surface area contributed by atoms with E-state index >= 15 is 0 Å². The van der Waals surface area contributed by atoms with Crippen molar-refractivity contribution in [3.8, 4) is 28.7 Å². The van der Waals surface area contributed by atoms with Crippen molar-refractivity contribution in [3.05, 3.63) is 82.6 Å². The van der Waals surface area contributed by atoms with E-state index < -0.39 is 5.97 Å². The Morgan fingerprint density at radius 2 is 1.61 bits per heavy atom. The molecule has 1 aliphatic rings. The van der Waals surface area contributed by atoms with Gasteiger partial charge >= 0.3 is 5.97 Å². The molecular weight excluding hydrogens is 424 g/mol. The first-order valence-corrected chi connectivity index (χ1v) is 10.1. The summed E-state index contributed by atoms with van der Waals surface area (Å²) >= 11 is 0. The Hall–Kier alpha value is -4.26. The molecule has 7 nitrogen and oxygen atoms in total. The number of fused-ring (bicyclic) bond motifs is 1. The minimum absolute atomic E-state index is 0.127. The van der Waals surface area contributed by atoms with E-state index in [0.717, 1.165) is 5.56 Å². The quantitative estimate of drug-likeness (QED) is 0.304. The lowest BCUT2D eigenvalue weighted by molar-refractivity contribution is 0.0733. The van der Waals surface area contributed by atoms with Gasteiger partial charge < -0.3 is 23.7 Å². The van der Waals surface area contributed by atoms with Crippen LogP contribution in [0.15, 0.2) is 60.4 Å². The molecule has 0 aromatic heterocycles. The molecule has 0 saturated heterocycles. The lowest BCUT2D eigenvalue weighted by atomic mass is 10.1. The molecule has 168 valence electrons. The second-order valence-corrected chi connectivity index (χ2v) is 7.26. The number of carbonyl (C=O) groups excluding carboxylic acids is 2. The molecule has 0 aliphatic carbocycles. The molecule has 0 atom stereocenters. The van der Waals surface area contributed by atoms with E-state index in [1.165, 1.54) is 27.4 Å². The topological polar surface area (TPSA) is 80.3 Å². The lowest BCUT2D eigenvalue weighted by Crippen LogP contribution is -2.10. The van der Waals surface area contributed by atoms with Crippen LogP contribution in [0.5, 0.6) is 28.7 Å². The molecule has 1 heterocycles. The predicted molar refractivity (Wildman–Crippen MR) is 122 cm³/mol. The van der Waals surface area contributed by atoms with Gasteiger partial charge in [0.05, 0.1) is 32.5 Å². The summed E-state index contributed by atoms with van der Waals surface area (Å²) in [6, 6.07) is 15.3. The third-order valence-electron chi connectivity index (χ3n) is 5.20. The van der Waals surface area contributed by atoms with Gasteiger partial charge in [-0.25, -0.2) is 4.79 Å². The number of esters is 1. The summed E-state index contributed by atoms with van der Waals surface area (Å²) in [5.41, 5.74) is 2.29. The normalized spacial score (nSPS) is 13.3. The molecule has 0 amide bonds. The van der Waals surface area contributed by atoms with Crippen molar-refractivity contribution < 1.29 is 33.3 Å². The maximum atomic E-state index is 12.8. The first-order valence-electron chi connectivity index (χ1n) is 10.1. The molecule has 0 unspecified atom stereocenters. The molecule has 3 aromatic rings. The highest BCUT2D eigenvalue weighted by Gasteiger charge is 2.28. The molecule has 1 aliphatic heterocycles. The van der Waals surface area contributed by atoms with Gasteiger partial charge in [0.1, 0.15) is 11.5 Å². The first-order chi connectivity index (χ1) is 15.9. The van der Waals surface area contributed by atoms with Gasteiger partial charge in [-0.3, -0.25) is 4.79 Å². The summed E-state index contributed by atoms with van der Waals surface area (Å²) in [5, 5.41) is 0. The number of Topliss-reactive ketones (excluding diaryl/α,β-unsaturated/α-hetero) is 1. The zero-order valence-electron chi connectivity index (χ0n) is 18.6. The second-order valence-electron chi connectivity index (χ2n) is 7.26. The minimum Gasteiger partial charge on any atom is -0.493 e. The van der Waals surface area contributed by atoms with E-state index in [0.29, 0.717) is 39.7 Å². The lowest BCUT2D eigenvalue weighted by Gasteiger charge is -2.13. The van der Waals surface area contributed by atoms with E-state index in [1.807, 2.05) is 19.1 Å². The highest BCUT2D eigenvalue weighted by Crippen LogP contribution is 2.40. The van der Waals surface area contributed by atoms with Crippen LogP contribution in [-0.2, 0) is 0 Å². The molecular formula is C26H22O7. The summed E-state index contributed by atoms with van der Waals surface area (Å²) < 4.78 is 27.3. The van der Waals surface area contributed by atoms with Crippen molar-refractivity contribution in [1.29, 1.82) is 0 Å². The molecule has 0 spiro atoms. The van der Waals surface area contributed by atoms with Crippen molar-refractivity contribution in [3.63, 3.8) is 0 Å². The number of aryl methyl sites for hydroxylation is 1. The summed E-state index contributed by atoms with van der Waals surface area (Å²) in [6.45, 7) is 1.83. The fraction of sp³-hybridized carbons (Fsp3) is 0.154. The fourth-order valence-corrected chi connectivity index (χ4v) is 3.53. The molecule has 0 radical (unpaired) electrons. The molecule has 0 N–H and O–H groups in total. The Labute approximate surface area is 191 Å². The number of allylic oxidation sites excluding steroid dienone is 1. The fourth-order valence-electron chi connectivity index (χ4n) is 3.53. The predicted octanol–water partition coefficient (Wildman–Crippen LogP) is 4.86. The van der Waals surface area contributed by atoms with Gasteiger partial charge in [0.15, 0.2) is 17.3 Å². The van der Waals surface area contributed by atoms with Crippen molar-refractivity contribution in [1.82, 2.24) is 0 Å². The van der Waals surface area contributed by atoms with Crippen LogP contribution >= 0.6 is 0 Å². The molecule has 7 heteroatoms. The van der Waals surface area contributed by atoms with Crippen molar-refractivity contribution in [2.45, 2.75) is 6.92 Å². The van der Waals surface area contributed by atoms with Crippen LogP contribution in [0.4, 0.5) is 0 Å². The number of ether oxygens (including phenoxy) is 5. The maximum absolute atomic E-state index is 12.8. The first kappa shape index (κ1) is 22.0. The van der Waals surface area contributed by atoms with Crippen LogP contribution in [0.25, 0.3) is 6.08 Å². The number of ketones is 1. The minimum atomic E-state index is -0.481. The van der Waals surface area contributed by atoms with Crippen LogP contribution in [0.3, 0.4) is 0 Å². The average molecular weight is 446 g/mol. The third-order valence-corrected chi connectivity index (χ3v) is 5.20. The van der Waals surface area contributed by atoms with Crippen molar-refractivity contribution in [2.24, 2.45) is 0 Å². The number of hydrogen-bond donors (Lipinski definition) is 0. The largest absolute Gasteiger partial charge is 0.493 e. The number of rotatable bonds is 6. The van der Waals surface area contributed by atoms with E-state index in [9.17, 15) is 9.59 Å². The van der Waals surface area contributed by atoms with E-state index in [2.05, 4.69) is 0 Å². The Kier molecular flexibility index (Phi) is 6.04. The highest BCUT2D eigenvalue weighted by atomic mass is 16.5. The highest BCUT2D eigenvalue weighted by molar-refractivity contribution is 6.14. The molecule has 33 heavy (non-hydrogen) atoms. The summed E-state index contributed by atoms with van der Waals surface area (Å²) in [4.78, 5) is 25.3. The zero-order valence-corrected chi connectivity index (χ0v) is 18.6. The van der Waals surface area contributed by atoms with E-state index in [-0.39, 0.29) is 17.3 Å². The Morgan fingerprint density at radius 3 is 2.24 bits per heavy atom. The Balaban J connectivity index is 1.60. The number of hydrogen-bond acceptors (Lipinski definition) is 7. The number of benzene rings is 3. The smallest absolute Gasteiger partial charge is 0.343 e. The van der Waals surface area contributed by atoms with Crippen LogP contribution in [-0.4, -0.2) is 33.1 Å². The van der Waals surface area contributed by atoms with Gasteiger partial charge in [0, 0.05) is 6.07 Å². The zero-order chi connectivity index (χ0) is 23.5. The van der Waals surface area contributed by atoms with Gasteiger partial charge in [-0.2, -0.15) is 0 Å². The van der Waals surface area contributed by atoms with Crippen molar-refractivity contribution >= 4 is 17.8 Å². The van der Waals surface area contributed by atoms with Crippen LogP contribution in [0.2, 0.25) is 0 Å². The molecule has 0 saturated carbocycles. The van der Waals surface area contributed by atoms with Gasteiger partial charge in [-0.05, 0) is 54.5 Å². The Bertz CT molecular complexity index is 1250. The van der Waals surface area contributed by atoms with Crippen LogP contribution in [0, 0.1) is 6.92 Å². The van der Waals surface area contributed by atoms with E-state index in [1.54, 1.807) is 42.5 Å². The van der Waals surface area contributed by atoms with E-state index in [4.69, 9.17) is 23.7 Å². The summed E-state index contributed by atoms with van der Waals surface area (Å²) in [6.07, 6.45) is 1.59. The second kappa shape index (κ2) is 9.08. The Morgan fingerprint density at radius 1 is 0.909 bits per heavy atom.